The standard InChI is InChI=1S/C14H18N2O.2ClH/c1-3-16(4-2)10-12-8-7-11-6-5-9-15-13(11)14(12)17;;/h5-9,17H,3-4,10H2,1-2H3;2*1H. The van der Waals surface area contributed by atoms with Gasteiger partial charge in [0.25, 0.3) is 0 Å². The first-order valence-corrected chi connectivity index (χ1v) is 6.04. The van der Waals surface area contributed by atoms with E-state index in [4.69, 9.17) is 0 Å². The molecule has 1 aromatic heterocycles. The summed E-state index contributed by atoms with van der Waals surface area (Å²) in [5.41, 5.74) is 1.64. The molecule has 19 heavy (non-hydrogen) atoms. The highest BCUT2D eigenvalue weighted by molar-refractivity contribution is 5.86. The molecule has 0 saturated carbocycles. The fraction of sp³-hybridized carbons (Fsp3) is 0.357. The van der Waals surface area contributed by atoms with Crippen LogP contribution in [-0.2, 0) is 6.54 Å². The van der Waals surface area contributed by atoms with Crippen LogP contribution in [0.4, 0.5) is 0 Å². The molecule has 0 spiro atoms. The summed E-state index contributed by atoms with van der Waals surface area (Å²) in [6.45, 7) is 6.98. The normalized spacial score (nSPS) is 10.1. The van der Waals surface area contributed by atoms with Crippen LogP contribution in [0.2, 0.25) is 0 Å². The quantitative estimate of drug-likeness (QED) is 0.937. The molecule has 2 rings (SSSR count). The van der Waals surface area contributed by atoms with Gasteiger partial charge in [0.1, 0.15) is 11.3 Å². The minimum absolute atomic E-state index is 0. The van der Waals surface area contributed by atoms with Crippen molar-refractivity contribution in [2.45, 2.75) is 20.4 Å². The maximum absolute atomic E-state index is 10.2. The predicted octanol–water partition coefficient (Wildman–Crippen LogP) is 3.63. The zero-order chi connectivity index (χ0) is 12.3. The minimum Gasteiger partial charge on any atom is -0.505 e. The van der Waals surface area contributed by atoms with Crippen molar-refractivity contribution in [3.63, 3.8) is 0 Å². The highest BCUT2D eigenvalue weighted by Crippen LogP contribution is 2.27. The number of phenolic OH excluding ortho intramolecular Hbond substituents is 1. The zero-order valence-corrected chi connectivity index (χ0v) is 12.8. The van der Waals surface area contributed by atoms with E-state index in [1.54, 1.807) is 6.20 Å². The molecule has 1 heterocycles. The second-order valence-corrected chi connectivity index (χ2v) is 4.11. The average molecular weight is 303 g/mol. The van der Waals surface area contributed by atoms with Crippen molar-refractivity contribution in [2.75, 3.05) is 13.1 Å². The van der Waals surface area contributed by atoms with E-state index in [9.17, 15) is 5.11 Å². The zero-order valence-electron chi connectivity index (χ0n) is 11.2. The summed E-state index contributed by atoms with van der Waals surface area (Å²) >= 11 is 0. The lowest BCUT2D eigenvalue weighted by Crippen LogP contribution is -2.22. The molecule has 0 aliphatic rings. The molecule has 3 nitrogen and oxygen atoms in total. The van der Waals surface area contributed by atoms with Gasteiger partial charge in [0.2, 0.25) is 0 Å². The fourth-order valence-corrected chi connectivity index (χ4v) is 1.99. The first kappa shape index (κ1) is 18.0. The van der Waals surface area contributed by atoms with Crippen molar-refractivity contribution in [3.05, 3.63) is 36.0 Å². The Morgan fingerprint density at radius 1 is 1.11 bits per heavy atom. The van der Waals surface area contributed by atoms with Crippen LogP contribution in [-0.4, -0.2) is 28.1 Å². The predicted molar refractivity (Wildman–Crippen MR) is 84.5 cm³/mol. The molecule has 0 amide bonds. The van der Waals surface area contributed by atoms with E-state index >= 15 is 0 Å². The summed E-state index contributed by atoms with van der Waals surface area (Å²) in [5, 5.41) is 11.2. The summed E-state index contributed by atoms with van der Waals surface area (Å²) in [6, 6.07) is 7.84. The van der Waals surface area contributed by atoms with Gasteiger partial charge in [-0.2, -0.15) is 0 Å². The third kappa shape index (κ3) is 3.96. The second-order valence-electron chi connectivity index (χ2n) is 4.11. The van der Waals surface area contributed by atoms with Crippen molar-refractivity contribution >= 4 is 35.7 Å². The summed E-state index contributed by atoms with van der Waals surface area (Å²) in [5.74, 6) is 0.315. The van der Waals surface area contributed by atoms with E-state index in [0.717, 1.165) is 30.6 Å². The van der Waals surface area contributed by atoms with Crippen LogP contribution in [0.15, 0.2) is 30.5 Å². The first-order valence-electron chi connectivity index (χ1n) is 6.04. The van der Waals surface area contributed by atoms with Gasteiger partial charge in [0, 0.05) is 23.7 Å². The monoisotopic (exact) mass is 302 g/mol. The number of aromatic hydroxyl groups is 1. The molecule has 0 unspecified atom stereocenters. The molecule has 0 saturated heterocycles. The molecule has 2 aromatic rings. The van der Waals surface area contributed by atoms with Crippen LogP contribution in [0.5, 0.6) is 5.75 Å². The topological polar surface area (TPSA) is 36.4 Å². The van der Waals surface area contributed by atoms with Crippen molar-refractivity contribution in [1.82, 2.24) is 9.88 Å². The molecular formula is C14H20Cl2N2O. The Balaban J connectivity index is 0.00000162. The fourth-order valence-electron chi connectivity index (χ4n) is 1.99. The van der Waals surface area contributed by atoms with Gasteiger partial charge in [-0.1, -0.05) is 32.0 Å². The van der Waals surface area contributed by atoms with E-state index in [1.165, 1.54) is 0 Å². The van der Waals surface area contributed by atoms with Gasteiger partial charge in [0.05, 0.1) is 0 Å². The minimum atomic E-state index is 0. The summed E-state index contributed by atoms with van der Waals surface area (Å²) in [4.78, 5) is 6.50. The lowest BCUT2D eigenvalue weighted by Gasteiger charge is -2.19. The van der Waals surface area contributed by atoms with E-state index < -0.39 is 0 Å². The maximum atomic E-state index is 10.2. The number of rotatable bonds is 4. The first-order chi connectivity index (χ1) is 8.26. The maximum Gasteiger partial charge on any atom is 0.146 e. The summed E-state index contributed by atoms with van der Waals surface area (Å²) in [7, 11) is 0. The van der Waals surface area contributed by atoms with Crippen LogP contribution in [0.25, 0.3) is 10.9 Å². The van der Waals surface area contributed by atoms with Crippen LogP contribution in [0, 0.1) is 0 Å². The van der Waals surface area contributed by atoms with Crippen LogP contribution < -0.4 is 0 Å². The van der Waals surface area contributed by atoms with Crippen LogP contribution >= 0.6 is 24.8 Å². The number of aromatic nitrogens is 1. The molecule has 0 bridgehead atoms. The van der Waals surface area contributed by atoms with Gasteiger partial charge in [-0.15, -0.1) is 24.8 Å². The molecule has 0 radical (unpaired) electrons. The summed E-state index contributed by atoms with van der Waals surface area (Å²) in [6.07, 6.45) is 1.71. The number of halogens is 2. The number of fused-ring (bicyclic) bond motifs is 1. The van der Waals surface area contributed by atoms with Gasteiger partial charge >= 0.3 is 0 Å². The van der Waals surface area contributed by atoms with E-state index in [1.807, 2.05) is 24.3 Å². The van der Waals surface area contributed by atoms with Crippen LogP contribution in [0.3, 0.4) is 0 Å². The highest BCUT2D eigenvalue weighted by Gasteiger charge is 2.09. The van der Waals surface area contributed by atoms with Gasteiger partial charge in [-0.3, -0.25) is 9.88 Å². The van der Waals surface area contributed by atoms with Gasteiger partial charge < -0.3 is 5.11 Å². The number of benzene rings is 1. The Morgan fingerprint density at radius 2 is 1.79 bits per heavy atom. The Labute approximate surface area is 126 Å². The van der Waals surface area contributed by atoms with Gasteiger partial charge in [-0.05, 0) is 19.2 Å². The van der Waals surface area contributed by atoms with E-state index in [0.29, 0.717) is 11.3 Å². The Bertz CT molecular complexity index is 516. The Hall–Kier alpha value is -1.03. The number of nitrogens with zero attached hydrogens (tertiary/aromatic N) is 2. The van der Waals surface area contributed by atoms with Crippen molar-refractivity contribution in [2.24, 2.45) is 0 Å². The number of phenols is 1. The van der Waals surface area contributed by atoms with Crippen LogP contribution in [0.1, 0.15) is 19.4 Å². The number of pyridine rings is 1. The molecule has 0 fully saturated rings. The smallest absolute Gasteiger partial charge is 0.146 e. The molecule has 0 aliphatic heterocycles. The van der Waals surface area contributed by atoms with E-state index in [-0.39, 0.29) is 24.8 Å². The SMILES string of the molecule is CCN(CC)Cc1ccc2cccnc2c1O.Cl.Cl. The van der Waals surface area contributed by atoms with Crippen molar-refractivity contribution < 1.29 is 5.11 Å². The van der Waals surface area contributed by atoms with Gasteiger partial charge in [-0.25, -0.2) is 0 Å². The number of hydrogen-bond donors (Lipinski definition) is 1. The molecule has 106 valence electrons. The molecular weight excluding hydrogens is 283 g/mol. The lowest BCUT2D eigenvalue weighted by atomic mass is 10.1. The molecule has 5 heteroatoms. The highest BCUT2D eigenvalue weighted by atomic mass is 35.5. The Morgan fingerprint density at radius 3 is 2.42 bits per heavy atom. The molecule has 1 N–H and O–H groups in total. The van der Waals surface area contributed by atoms with Crippen molar-refractivity contribution in [3.8, 4) is 5.75 Å². The Kier molecular flexibility index (Phi) is 7.76. The third-order valence-electron chi connectivity index (χ3n) is 3.12. The van der Waals surface area contributed by atoms with Gasteiger partial charge in [0.15, 0.2) is 0 Å². The number of hydrogen-bond acceptors (Lipinski definition) is 3. The van der Waals surface area contributed by atoms with Crippen molar-refractivity contribution in [1.29, 1.82) is 0 Å². The molecule has 1 aromatic carbocycles. The molecule has 0 atom stereocenters. The average Bonchev–Trinajstić information content (AvgIpc) is 2.38. The third-order valence-corrected chi connectivity index (χ3v) is 3.12. The lowest BCUT2D eigenvalue weighted by molar-refractivity contribution is 0.291. The largest absolute Gasteiger partial charge is 0.505 e. The second kappa shape index (κ2) is 8.20. The summed E-state index contributed by atoms with van der Waals surface area (Å²) < 4.78 is 0. The molecule has 0 aliphatic carbocycles. The van der Waals surface area contributed by atoms with E-state index in [2.05, 4.69) is 23.7 Å².